The summed E-state index contributed by atoms with van der Waals surface area (Å²) in [6, 6.07) is 19.4. The number of hydrogen-bond donors (Lipinski definition) is 1. The Labute approximate surface area is 134 Å². The van der Waals surface area contributed by atoms with Gasteiger partial charge in [0, 0.05) is 6.42 Å². The summed E-state index contributed by atoms with van der Waals surface area (Å²) in [6.45, 7) is 1.91. The maximum atomic E-state index is 12.8. The van der Waals surface area contributed by atoms with Gasteiger partial charge >= 0.3 is 6.01 Å². The number of aryl methyl sites for hydroxylation is 1. The van der Waals surface area contributed by atoms with Crippen molar-refractivity contribution in [3.8, 4) is 0 Å². The van der Waals surface area contributed by atoms with Gasteiger partial charge in [0.15, 0.2) is 0 Å². The molecule has 0 atom stereocenters. The molecule has 0 fully saturated rings. The average molecular weight is 307 g/mol. The van der Waals surface area contributed by atoms with Gasteiger partial charge in [0.05, 0.1) is 5.92 Å². The summed E-state index contributed by atoms with van der Waals surface area (Å²) in [7, 11) is 0. The van der Waals surface area contributed by atoms with Crippen LogP contribution in [-0.4, -0.2) is 16.1 Å². The minimum Gasteiger partial charge on any atom is -0.408 e. The second-order valence-corrected chi connectivity index (χ2v) is 5.10. The van der Waals surface area contributed by atoms with Gasteiger partial charge in [0.1, 0.15) is 0 Å². The van der Waals surface area contributed by atoms with Crippen molar-refractivity contribution in [3.05, 3.63) is 77.7 Å². The van der Waals surface area contributed by atoms with Gasteiger partial charge in [-0.15, -0.1) is 5.10 Å². The van der Waals surface area contributed by atoms with Gasteiger partial charge in [-0.25, -0.2) is 0 Å². The number of carbonyl (C=O) groups excluding carboxylic acids is 1. The second kappa shape index (κ2) is 6.87. The van der Waals surface area contributed by atoms with Gasteiger partial charge in [0.25, 0.3) is 0 Å². The molecule has 3 rings (SSSR count). The molecular weight excluding hydrogens is 290 g/mol. The molecule has 2 aromatic carbocycles. The van der Waals surface area contributed by atoms with E-state index in [1.54, 1.807) is 0 Å². The first kappa shape index (κ1) is 15.0. The molecule has 3 aromatic rings. The molecule has 1 amide bonds. The lowest BCUT2D eigenvalue weighted by Crippen LogP contribution is -2.22. The third-order valence-electron chi connectivity index (χ3n) is 3.53. The minimum absolute atomic E-state index is 0.128. The van der Waals surface area contributed by atoms with E-state index in [0.29, 0.717) is 12.3 Å². The van der Waals surface area contributed by atoms with Crippen LogP contribution in [0.4, 0.5) is 6.01 Å². The molecule has 0 saturated carbocycles. The number of hydrogen-bond acceptors (Lipinski definition) is 4. The zero-order valence-corrected chi connectivity index (χ0v) is 12.8. The fourth-order valence-electron chi connectivity index (χ4n) is 2.41. The lowest BCUT2D eigenvalue weighted by Gasteiger charge is -2.16. The Hall–Kier alpha value is -2.95. The highest BCUT2D eigenvalue weighted by Crippen LogP contribution is 2.26. The van der Waals surface area contributed by atoms with Crippen LogP contribution in [0.1, 0.15) is 29.9 Å². The van der Waals surface area contributed by atoms with Crippen LogP contribution in [0.3, 0.4) is 0 Å². The highest BCUT2D eigenvalue weighted by Gasteiger charge is 2.24. The summed E-state index contributed by atoms with van der Waals surface area (Å²) in [4.78, 5) is 12.8. The van der Waals surface area contributed by atoms with Gasteiger partial charge in [-0.2, -0.15) is 0 Å². The smallest absolute Gasteiger partial charge is 0.322 e. The van der Waals surface area contributed by atoms with E-state index in [9.17, 15) is 4.79 Å². The highest BCUT2D eigenvalue weighted by molar-refractivity contribution is 5.96. The molecule has 1 N–H and O–H groups in total. The molecule has 5 heteroatoms. The van der Waals surface area contributed by atoms with E-state index in [1.807, 2.05) is 67.6 Å². The van der Waals surface area contributed by atoms with Crippen LogP contribution < -0.4 is 5.32 Å². The summed E-state index contributed by atoms with van der Waals surface area (Å²) in [5.41, 5.74) is 1.82. The number of aromatic nitrogens is 2. The van der Waals surface area contributed by atoms with Crippen LogP contribution >= 0.6 is 0 Å². The Kier molecular flexibility index (Phi) is 4.47. The number of anilines is 1. The first-order chi connectivity index (χ1) is 11.3. The monoisotopic (exact) mass is 307 g/mol. The summed E-state index contributed by atoms with van der Waals surface area (Å²) in [5, 5.41) is 10.4. The first-order valence-electron chi connectivity index (χ1n) is 7.51. The average Bonchev–Trinajstić information content (AvgIpc) is 3.04. The predicted octanol–water partition coefficient (Wildman–Crippen LogP) is 3.40. The molecule has 0 bridgehead atoms. The van der Waals surface area contributed by atoms with E-state index >= 15 is 0 Å². The van der Waals surface area contributed by atoms with Crippen LogP contribution in [0, 0.1) is 0 Å². The number of nitrogens with one attached hydrogen (secondary N) is 1. The Morgan fingerprint density at radius 2 is 1.57 bits per heavy atom. The summed E-state index contributed by atoms with van der Waals surface area (Å²) in [5.74, 6) is -0.139. The van der Waals surface area contributed by atoms with E-state index in [1.165, 1.54) is 0 Å². The zero-order valence-electron chi connectivity index (χ0n) is 12.8. The van der Waals surface area contributed by atoms with Crippen LogP contribution in [0.15, 0.2) is 65.1 Å². The Bertz CT molecular complexity index is 730. The maximum absolute atomic E-state index is 12.8. The largest absolute Gasteiger partial charge is 0.408 e. The van der Waals surface area contributed by atoms with Gasteiger partial charge in [0.2, 0.25) is 11.8 Å². The molecule has 116 valence electrons. The first-order valence-corrected chi connectivity index (χ1v) is 7.51. The number of benzene rings is 2. The third-order valence-corrected chi connectivity index (χ3v) is 3.53. The number of rotatable bonds is 5. The molecule has 0 aliphatic carbocycles. The Morgan fingerprint density at radius 1 is 1.00 bits per heavy atom. The van der Waals surface area contributed by atoms with Crippen molar-refractivity contribution in [2.75, 3.05) is 5.32 Å². The van der Waals surface area contributed by atoms with Crippen molar-refractivity contribution in [2.24, 2.45) is 0 Å². The van der Waals surface area contributed by atoms with Gasteiger partial charge in [-0.1, -0.05) is 72.7 Å². The lowest BCUT2D eigenvalue weighted by atomic mass is 9.90. The van der Waals surface area contributed by atoms with E-state index in [-0.39, 0.29) is 11.9 Å². The van der Waals surface area contributed by atoms with Crippen LogP contribution in [-0.2, 0) is 11.2 Å². The summed E-state index contributed by atoms with van der Waals surface area (Å²) >= 11 is 0. The third kappa shape index (κ3) is 3.45. The Morgan fingerprint density at radius 3 is 2.04 bits per heavy atom. The van der Waals surface area contributed by atoms with E-state index in [0.717, 1.165) is 11.1 Å². The molecule has 0 aliphatic rings. The van der Waals surface area contributed by atoms with Crippen LogP contribution in [0.5, 0.6) is 0 Å². The fraction of sp³-hybridized carbons (Fsp3) is 0.167. The van der Waals surface area contributed by atoms with E-state index < -0.39 is 5.92 Å². The number of nitrogens with zero attached hydrogens (tertiary/aromatic N) is 2. The lowest BCUT2D eigenvalue weighted by molar-refractivity contribution is -0.116. The maximum Gasteiger partial charge on any atom is 0.322 e. The Balaban J connectivity index is 1.90. The normalized spacial score (nSPS) is 10.7. The van der Waals surface area contributed by atoms with Crippen LogP contribution in [0.25, 0.3) is 0 Å². The molecule has 23 heavy (non-hydrogen) atoms. The topological polar surface area (TPSA) is 68.0 Å². The molecule has 0 aliphatic heterocycles. The van der Waals surface area contributed by atoms with Crippen LogP contribution in [0.2, 0.25) is 0 Å². The molecule has 0 spiro atoms. The van der Waals surface area contributed by atoms with Crippen molar-refractivity contribution >= 4 is 11.9 Å². The molecule has 5 nitrogen and oxygen atoms in total. The van der Waals surface area contributed by atoms with Crippen molar-refractivity contribution < 1.29 is 9.21 Å². The predicted molar refractivity (Wildman–Crippen MR) is 87.0 cm³/mol. The van der Waals surface area contributed by atoms with Gasteiger partial charge < -0.3 is 4.42 Å². The van der Waals surface area contributed by atoms with Gasteiger partial charge in [-0.3, -0.25) is 10.1 Å². The molecule has 0 unspecified atom stereocenters. The molecule has 0 radical (unpaired) electrons. The van der Waals surface area contributed by atoms with E-state index in [2.05, 4.69) is 15.5 Å². The number of carbonyl (C=O) groups is 1. The fourth-order valence-corrected chi connectivity index (χ4v) is 2.41. The van der Waals surface area contributed by atoms with Crippen molar-refractivity contribution in [3.63, 3.8) is 0 Å². The molecule has 0 saturated heterocycles. The summed E-state index contributed by atoms with van der Waals surface area (Å²) < 4.78 is 5.37. The number of amides is 1. The van der Waals surface area contributed by atoms with E-state index in [4.69, 9.17) is 4.42 Å². The molecule has 1 aromatic heterocycles. The highest BCUT2D eigenvalue weighted by atomic mass is 16.4. The minimum atomic E-state index is -0.436. The van der Waals surface area contributed by atoms with Gasteiger partial charge in [-0.05, 0) is 11.1 Å². The quantitative estimate of drug-likeness (QED) is 0.784. The molecule has 1 heterocycles. The van der Waals surface area contributed by atoms with Crippen molar-refractivity contribution in [1.29, 1.82) is 0 Å². The van der Waals surface area contributed by atoms with Crippen molar-refractivity contribution in [2.45, 2.75) is 19.3 Å². The SMILES string of the molecule is CCc1nnc(NC(=O)C(c2ccccc2)c2ccccc2)o1. The standard InChI is InChI=1S/C18H17N3O2/c1-2-15-20-21-18(23-15)19-17(22)16(13-9-5-3-6-10-13)14-11-7-4-8-12-14/h3-12,16H,2H2,1H3,(H,19,21,22). The zero-order chi connectivity index (χ0) is 16.1. The summed E-state index contributed by atoms with van der Waals surface area (Å²) in [6.07, 6.45) is 0.629. The van der Waals surface area contributed by atoms with Crippen molar-refractivity contribution in [1.82, 2.24) is 10.2 Å². The second-order valence-electron chi connectivity index (χ2n) is 5.10. The molecular formula is C18H17N3O2.